The number of aromatic nitrogens is 2. The Morgan fingerprint density at radius 2 is 2.05 bits per heavy atom. The molecule has 5 heteroatoms. The van der Waals surface area contributed by atoms with Crippen molar-refractivity contribution in [3.05, 3.63) is 42.4 Å². The lowest BCUT2D eigenvalue weighted by Crippen LogP contribution is -2.14. The van der Waals surface area contributed by atoms with Crippen LogP contribution in [0.15, 0.2) is 36.5 Å². The van der Waals surface area contributed by atoms with Gasteiger partial charge in [0.05, 0.1) is 12.8 Å². The molecule has 0 atom stereocenters. The standard InChI is InChI=1S/C14H18N4O/c1-18(11-5-3-4-6-12(11)19-2)14-8-10-16-13(17-14)7-9-15/h3-6,8,10H,7,9,15H2,1-2H3. The first kappa shape index (κ1) is 13.3. The smallest absolute Gasteiger partial charge is 0.142 e. The van der Waals surface area contributed by atoms with Crippen LogP contribution in [0.3, 0.4) is 0 Å². The first-order chi connectivity index (χ1) is 9.26. The van der Waals surface area contributed by atoms with E-state index in [-0.39, 0.29) is 0 Å². The number of anilines is 2. The average molecular weight is 258 g/mol. The number of methoxy groups -OCH3 is 1. The van der Waals surface area contributed by atoms with Gasteiger partial charge in [-0.1, -0.05) is 12.1 Å². The first-order valence-electron chi connectivity index (χ1n) is 6.15. The molecule has 2 rings (SSSR count). The quantitative estimate of drug-likeness (QED) is 0.885. The van der Waals surface area contributed by atoms with Gasteiger partial charge in [-0.3, -0.25) is 0 Å². The van der Waals surface area contributed by atoms with E-state index in [0.29, 0.717) is 13.0 Å². The predicted octanol–water partition coefficient (Wildman–Crippen LogP) is 1.75. The van der Waals surface area contributed by atoms with Crippen LogP contribution in [-0.2, 0) is 6.42 Å². The van der Waals surface area contributed by atoms with E-state index in [9.17, 15) is 0 Å². The molecule has 0 fully saturated rings. The molecular weight excluding hydrogens is 240 g/mol. The maximum atomic E-state index is 5.53. The van der Waals surface area contributed by atoms with E-state index in [4.69, 9.17) is 10.5 Å². The lowest BCUT2D eigenvalue weighted by atomic mass is 10.2. The number of nitrogens with zero attached hydrogens (tertiary/aromatic N) is 3. The van der Waals surface area contributed by atoms with E-state index in [1.807, 2.05) is 42.3 Å². The maximum absolute atomic E-state index is 5.53. The molecule has 2 aromatic rings. The van der Waals surface area contributed by atoms with Gasteiger partial charge >= 0.3 is 0 Å². The van der Waals surface area contributed by atoms with Crippen LogP contribution in [0.1, 0.15) is 5.82 Å². The van der Waals surface area contributed by atoms with Crippen LogP contribution in [0.5, 0.6) is 5.75 Å². The minimum Gasteiger partial charge on any atom is -0.495 e. The van der Waals surface area contributed by atoms with Gasteiger partial charge in [-0.2, -0.15) is 0 Å². The van der Waals surface area contributed by atoms with Crippen LogP contribution in [-0.4, -0.2) is 30.7 Å². The van der Waals surface area contributed by atoms with E-state index in [2.05, 4.69) is 9.97 Å². The van der Waals surface area contributed by atoms with E-state index in [1.165, 1.54) is 0 Å². The van der Waals surface area contributed by atoms with Gasteiger partial charge in [0.15, 0.2) is 0 Å². The number of ether oxygens (including phenoxy) is 1. The Labute approximate surface area is 113 Å². The molecule has 2 N–H and O–H groups in total. The van der Waals surface area contributed by atoms with Crippen LogP contribution in [0.25, 0.3) is 0 Å². The monoisotopic (exact) mass is 258 g/mol. The van der Waals surface area contributed by atoms with Gasteiger partial charge in [0.2, 0.25) is 0 Å². The number of nitrogens with two attached hydrogens (primary N) is 1. The SMILES string of the molecule is COc1ccccc1N(C)c1ccnc(CCN)n1. The Morgan fingerprint density at radius 3 is 2.79 bits per heavy atom. The van der Waals surface area contributed by atoms with Gasteiger partial charge in [-0.05, 0) is 24.7 Å². The number of benzene rings is 1. The molecule has 0 aliphatic heterocycles. The highest BCUT2D eigenvalue weighted by Crippen LogP contribution is 2.30. The van der Waals surface area contributed by atoms with E-state index >= 15 is 0 Å². The molecule has 100 valence electrons. The molecule has 0 radical (unpaired) electrons. The Bertz CT molecular complexity index is 544. The number of rotatable bonds is 5. The van der Waals surface area contributed by atoms with Crippen molar-refractivity contribution in [3.8, 4) is 5.75 Å². The second-order valence-corrected chi connectivity index (χ2v) is 4.10. The molecule has 0 aliphatic carbocycles. The van der Waals surface area contributed by atoms with Crippen molar-refractivity contribution >= 4 is 11.5 Å². The fraction of sp³-hybridized carbons (Fsp3) is 0.286. The summed E-state index contributed by atoms with van der Waals surface area (Å²) in [5, 5.41) is 0. The molecule has 0 spiro atoms. The van der Waals surface area contributed by atoms with Crippen molar-refractivity contribution in [3.63, 3.8) is 0 Å². The molecule has 19 heavy (non-hydrogen) atoms. The fourth-order valence-electron chi connectivity index (χ4n) is 1.85. The van der Waals surface area contributed by atoms with Crippen molar-refractivity contribution in [2.75, 3.05) is 25.6 Å². The van der Waals surface area contributed by atoms with Gasteiger partial charge in [-0.15, -0.1) is 0 Å². The maximum Gasteiger partial charge on any atom is 0.142 e. The molecule has 1 aromatic heterocycles. The third kappa shape index (κ3) is 3.00. The molecular formula is C14H18N4O. The third-order valence-corrected chi connectivity index (χ3v) is 2.85. The van der Waals surface area contributed by atoms with Gasteiger partial charge < -0.3 is 15.4 Å². The summed E-state index contributed by atoms with van der Waals surface area (Å²) in [6.07, 6.45) is 2.42. The zero-order valence-electron chi connectivity index (χ0n) is 11.2. The summed E-state index contributed by atoms with van der Waals surface area (Å²) in [7, 11) is 3.61. The Balaban J connectivity index is 2.32. The summed E-state index contributed by atoms with van der Waals surface area (Å²) < 4.78 is 5.36. The molecule has 0 unspecified atom stereocenters. The van der Waals surface area contributed by atoms with Crippen LogP contribution in [0, 0.1) is 0 Å². The van der Waals surface area contributed by atoms with Crippen LogP contribution >= 0.6 is 0 Å². The van der Waals surface area contributed by atoms with Crippen LogP contribution < -0.4 is 15.4 Å². The molecule has 0 amide bonds. The summed E-state index contributed by atoms with van der Waals surface area (Å²) in [5.74, 6) is 2.38. The summed E-state index contributed by atoms with van der Waals surface area (Å²) in [5.41, 5.74) is 6.49. The second-order valence-electron chi connectivity index (χ2n) is 4.10. The lowest BCUT2D eigenvalue weighted by Gasteiger charge is -2.20. The summed E-state index contributed by atoms with van der Waals surface area (Å²) >= 11 is 0. The Kier molecular flexibility index (Phi) is 4.30. The summed E-state index contributed by atoms with van der Waals surface area (Å²) in [6.45, 7) is 0.543. The van der Waals surface area contributed by atoms with Gasteiger partial charge in [0.1, 0.15) is 17.4 Å². The molecule has 1 heterocycles. The number of hydrogen-bond acceptors (Lipinski definition) is 5. The highest BCUT2D eigenvalue weighted by Gasteiger charge is 2.11. The highest BCUT2D eigenvalue weighted by atomic mass is 16.5. The molecule has 0 aliphatic rings. The van der Waals surface area contributed by atoms with Gasteiger partial charge in [0.25, 0.3) is 0 Å². The van der Waals surface area contributed by atoms with Crippen LogP contribution in [0.4, 0.5) is 11.5 Å². The molecule has 0 saturated carbocycles. The molecule has 1 aromatic carbocycles. The molecule has 5 nitrogen and oxygen atoms in total. The van der Waals surface area contributed by atoms with E-state index < -0.39 is 0 Å². The van der Waals surface area contributed by atoms with Crippen molar-refractivity contribution in [1.82, 2.24) is 9.97 Å². The summed E-state index contributed by atoms with van der Waals surface area (Å²) in [6, 6.07) is 9.69. The first-order valence-corrected chi connectivity index (χ1v) is 6.15. The highest BCUT2D eigenvalue weighted by molar-refractivity contribution is 5.66. The minimum absolute atomic E-state index is 0.543. The normalized spacial score (nSPS) is 10.3. The Morgan fingerprint density at radius 1 is 1.26 bits per heavy atom. The van der Waals surface area contributed by atoms with Crippen molar-refractivity contribution in [2.24, 2.45) is 5.73 Å². The minimum atomic E-state index is 0.543. The van der Waals surface area contributed by atoms with Gasteiger partial charge in [-0.25, -0.2) is 9.97 Å². The lowest BCUT2D eigenvalue weighted by molar-refractivity contribution is 0.415. The average Bonchev–Trinajstić information content (AvgIpc) is 2.47. The molecule has 0 saturated heterocycles. The summed E-state index contributed by atoms with van der Waals surface area (Å²) in [4.78, 5) is 10.7. The van der Waals surface area contributed by atoms with E-state index in [0.717, 1.165) is 23.1 Å². The van der Waals surface area contributed by atoms with Crippen molar-refractivity contribution < 1.29 is 4.74 Å². The topological polar surface area (TPSA) is 64.3 Å². The largest absolute Gasteiger partial charge is 0.495 e. The van der Waals surface area contributed by atoms with E-state index in [1.54, 1.807) is 13.3 Å². The fourth-order valence-corrected chi connectivity index (χ4v) is 1.85. The predicted molar refractivity (Wildman–Crippen MR) is 75.8 cm³/mol. The second kappa shape index (κ2) is 6.15. The number of para-hydroxylation sites is 2. The van der Waals surface area contributed by atoms with Crippen LogP contribution in [0.2, 0.25) is 0 Å². The van der Waals surface area contributed by atoms with Gasteiger partial charge in [0, 0.05) is 19.7 Å². The zero-order chi connectivity index (χ0) is 13.7. The number of hydrogen-bond donors (Lipinski definition) is 1. The third-order valence-electron chi connectivity index (χ3n) is 2.85. The zero-order valence-corrected chi connectivity index (χ0v) is 11.2. The Hall–Kier alpha value is -2.14. The molecule has 0 bridgehead atoms. The van der Waals surface area contributed by atoms with Crippen molar-refractivity contribution in [1.29, 1.82) is 0 Å². The van der Waals surface area contributed by atoms with Crippen molar-refractivity contribution in [2.45, 2.75) is 6.42 Å².